The van der Waals surface area contributed by atoms with E-state index in [1.807, 2.05) is 0 Å². The number of fused-ring (bicyclic) bond motifs is 1. The topological polar surface area (TPSA) is 80.4 Å². The van der Waals surface area contributed by atoms with E-state index in [-0.39, 0.29) is 22.4 Å². The van der Waals surface area contributed by atoms with Crippen LogP contribution in [-0.4, -0.2) is 16.7 Å². The van der Waals surface area contributed by atoms with E-state index in [0.717, 1.165) is 12.5 Å². The maximum absolute atomic E-state index is 12.4. The van der Waals surface area contributed by atoms with Gasteiger partial charge in [-0.15, -0.1) is 0 Å². The van der Waals surface area contributed by atoms with E-state index in [4.69, 9.17) is 5.73 Å². The number of carbonyl (C=O) groups excluding carboxylic acids is 2. The van der Waals surface area contributed by atoms with Crippen LogP contribution in [0.2, 0.25) is 0 Å². The summed E-state index contributed by atoms with van der Waals surface area (Å²) in [5.41, 5.74) is 6.20. The van der Waals surface area contributed by atoms with Crippen LogP contribution < -0.4 is 5.73 Å². The molecule has 3 aliphatic carbocycles. The second-order valence-electron chi connectivity index (χ2n) is 8.69. The summed E-state index contributed by atoms with van der Waals surface area (Å²) in [4.78, 5) is 24.3. The van der Waals surface area contributed by atoms with Gasteiger partial charge in [-0.25, -0.2) is 0 Å². The smallest absolute Gasteiger partial charge is 0.232 e. The van der Waals surface area contributed by atoms with Crippen molar-refractivity contribution in [2.45, 2.75) is 65.7 Å². The fourth-order valence-corrected chi connectivity index (χ4v) is 5.59. The molecule has 2 saturated carbocycles. The summed E-state index contributed by atoms with van der Waals surface area (Å²) in [6.07, 6.45) is 8.75. The van der Waals surface area contributed by atoms with Crippen molar-refractivity contribution in [3.63, 3.8) is 0 Å². The molecule has 3 N–H and O–H groups in total. The van der Waals surface area contributed by atoms with Gasteiger partial charge in [0.2, 0.25) is 11.6 Å². The Morgan fingerprint density at radius 2 is 1.92 bits per heavy atom. The predicted octanol–water partition coefficient (Wildman–Crippen LogP) is 3.82. The Morgan fingerprint density at radius 3 is 2.62 bits per heavy atom. The van der Waals surface area contributed by atoms with Gasteiger partial charge in [-0.3, -0.25) is 9.59 Å². The Labute approximate surface area is 144 Å². The Morgan fingerprint density at radius 1 is 1.21 bits per heavy atom. The standard InChI is InChI=1S/C20H29NO3/c1-12-7-9-19(2)8-5-4-6-16(19)20(12,3)11-13-17(23)14(21)10-15(22)18(13)24/h10,12,16,23H,4-9,11,21H2,1-3H3. The van der Waals surface area contributed by atoms with E-state index in [9.17, 15) is 14.7 Å². The van der Waals surface area contributed by atoms with Gasteiger partial charge in [0.15, 0.2) is 0 Å². The van der Waals surface area contributed by atoms with Crippen molar-refractivity contribution in [3.05, 3.63) is 23.1 Å². The molecule has 132 valence electrons. The number of ketones is 2. The summed E-state index contributed by atoms with van der Waals surface area (Å²) >= 11 is 0. The first-order chi connectivity index (χ1) is 11.2. The molecule has 4 nitrogen and oxygen atoms in total. The molecule has 4 heteroatoms. The summed E-state index contributed by atoms with van der Waals surface area (Å²) in [5.74, 6) is -0.421. The van der Waals surface area contributed by atoms with E-state index >= 15 is 0 Å². The molecular weight excluding hydrogens is 302 g/mol. The lowest BCUT2D eigenvalue weighted by atomic mass is 9.47. The molecule has 0 amide bonds. The number of allylic oxidation sites excluding steroid dienone is 2. The van der Waals surface area contributed by atoms with Crippen LogP contribution in [0.25, 0.3) is 0 Å². The van der Waals surface area contributed by atoms with Crippen LogP contribution in [0.4, 0.5) is 0 Å². The normalized spacial score (nSPS) is 40.4. The number of Topliss-reactive ketones (excluding diaryl/α,β-unsaturated/α-hetero) is 1. The largest absolute Gasteiger partial charge is 0.505 e. The highest BCUT2D eigenvalue weighted by atomic mass is 16.3. The maximum Gasteiger partial charge on any atom is 0.232 e. The predicted molar refractivity (Wildman–Crippen MR) is 93.1 cm³/mol. The molecule has 4 unspecified atom stereocenters. The zero-order chi connectivity index (χ0) is 17.7. The van der Waals surface area contributed by atoms with Gasteiger partial charge in [0.1, 0.15) is 5.76 Å². The quantitative estimate of drug-likeness (QED) is 0.595. The van der Waals surface area contributed by atoms with Crippen LogP contribution in [0.3, 0.4) is 0 Å². The van der Waals surface area contributed by atoms with E-state index in [1.54, 1.807) is 0 Å². The Hall–Kier alpha value is -1.58. The van der Waals surface area contributed by atoms with Gasteiger partial charge >= 0.3 is 0 Å². The van der Waals surface area contributed by atoms with Gasteiger partial charge in [0.25, 0.3) is 0 Å². The average molecular weight is 331 g/mol. The van der Waals surface area contributed by atoms with Gasteiger partial charge in [-0.2, -0.15) is 0 Å². The van der Waals surface area contributed by atoms with Crippen molar-refractivity contribution < 1.29 is 14.7 Å². The Balaban J connectivity index is 1.99. The first-order valence-electron chi connectivity index (χ1n) is 9.17. The van der Waals surface area contributed by atoms with Crippen LogP contribution in [-0.2, 0) is 9.59 Å². The van der Waals surface area contributed by atoms with Crippen LogP contribution in [0, 0.1) is 22.7 Å². The number of aliphatic hydroxyl groups is 1. The highest BCUT2D eigenvalue weighted by Crippen LogP contribution is 2.61. The van der Waals surface area contributed by atoms with Crippen LogP contribution >= 0.6 is 0 Å². The molecule has 0 aromatic rings. The van der Waals surface area contributed by atoms with Gasteiger partial charge in [-0.1, -0.05) is 33.6 Å². The van der Waals surface area contributed by atoms with Crippen LogP contribution in [0.5, 0.6) is 0 Å². The minimum absolute atomic E-state index is 0.0214. The average Bonchev–Trinajstić information content (AvgIpc) is 2.54. The van der Waals surface area contributed by atoms with Crippen molar-refractivity contribution in [2.24, 2.45) is 28.4 Å². The molecule has 0 bridgehead atoms. The molecule has 0 aromatic carbocycles. The number of carbonyl (C=O) groups is 2. The number of rotatable bonds is 2. The molecule has 4 atom stereocenters. The molecule has 0 radical (unpaired) electrons. The number of hydrogen-bond donors (Lipinski definition) is 2. The fraction of sp³-hybridized carbons (Fsp3) is 0.700. The number of nitrogens with two attached hydrogens (primary N) is 1. The van der Waals surface area contributed by atoms with Gasteiger partial charge in [-0.05, 0) is 54.8 Å². The number of hydrogen-bond acceptors (Lipinski definition) is 4. The van der Waals surface area contributed by atoms with E-state index in [0.29, 0.717) is 23.7 Å². The third-order valence-electron chi connectivity index (χ3n) is 7.30. The molecule has 0 heterocycles. The molecule has 3 rings (SSSR count). The molecular formula is C20H29NO3. The summed E-state index contributed by atoms with van der Waals surface area (Å²) < 4.78 is 0. The molecule has 0 aliphatic heterocycles. The molecule has 0 saturated heterocycles. The SMILES string of the molecule is CC1CCC2(C)CCCCC2C1(C)CC1=C(O)C(N)=CC(=O)C1=O. The maximum atomic E-state index is 12.4. The van der Waals surface area contributed by atoms with Gasteiger partial charge in [0, 0.05) is 11.6 Å². The van der Waals surface area contributed by atoms with E-state index < -0.39 is 11.6 Å². The lowest BCUT2D eigenvalue weighted by Crippen LogP contribution is -2.50. The highest BCUT2D eigenvalue weighted by Gasteiger charge is 2.53. The van der Waals surface area contributed by atoms with Crippen molar-refractivity contribution in [2.75, 3.05) is 0 Å². The molecule has 3 aliphatic rings. The summed E-state index contributed by atoms with van der Waals surface area (Å²) in [7, 11) is 0. The second kappa shape index (κ2) is 5.75. The monoisotopic (exact) mass is 331 g/mol. The minimum atomic E-state index is -0.612. The molecule has 24 heavy (non-hydrogen) atoms. The van der Waals surface area contributed by atoms with Crippen LogP contribution in [0.1, 0.15) is 65.7 Å². The Kier molecular flexibility index (Phi) is 4.13. The number of aliphatic hydroxyl groups excluding tert-OH is 1. The molecule has 0 aromatic heterocycles. The highest BCUT2D eigenvalue weighted by molar-refractivity contribution is 6.48. The summed E-state index contributed by atoms with van der Waals surface area (Å²) in [5, 5.41) is 10.3. The van der Waals surface area contributed by atoms with E-state index in [2.05, 4.69) is 20.8 Å². The second-order valence-corrected chi connectivity index (χ2v) is 8.69. The third-order valence-corrected chi connectivity index (χ3v) is 7.30. The fourth-order valence-electron chi connectivity index (χ4n) is 5.59. The molecule has 0 spiro atoms. The van der Waals surface area contributed by atoms with Crippen molar-refractivity contribution in [1.82, 2.24) is 0 Å². The van der Waals surface area contributed by atoms with Crippen molar-refractivity contribution in [1.29, 1.82) is 0 Å². The van der Waals surface area contributed by atoms with Crippen LogP contribution in [0.15, 0.2) is 23.1 Å². The summed E-state index contributed by atoms with van der Waals surface area (Å²) in [6, 6.07) is 0. The van der Waals surface area contributed by atoms with E-state index in [1.165, 1.54) is 32.1 Å². The minimum Gasteiger partial charge on any atom is -0.505 e. The lowest BCUT2D eigenvalue weighted by Gasteiger charge is -2.58. The Bertz CT molecular complexity index is 647. The van der Waals surface area contributed by atoms with Gasteiger partial charge in [0.05, 0.1) is 5.70 Å². The van der Waals surface area contributed by atoms with Crippen molar-refractivity contribution >= 4 is 11.6 Å². The third kappa shape index (κ3) is 2.51. The zero-order valence-corrected chi connectivity index (χ0v) is 15.0. The van der Waals surface area contributed by atoms with Crippen molar-refractivity contribution in [3.8, 4) is 0 Å². The lowest BCUT2D eigenvalue weighted by molar-refractivity contribution is -0.132. The first-order valence-corrected chi connectivity index (χ1v) is 9.17. The van der Waals surface area contributed by atoms with Gasteiger partial charge < -0.3 is 10.8 Å². The first kappa shape index (κ1) is 17.2. The summed E-state index contributed by atoms with van der Waals surface area (Å²) in [6.45, 7) is 6.88. The zero-order valence-electron chi connectivity index (χ0n) is 15.0. The molecule has 2 fully saturated rings.